The third kappa shape index (κ3) is 1.86. The second-order valence-electron chi connectivity index (χ2n) is 7.67. The van der Waals surface area contributed by atoms with Crippen molar-refractivity contribution in [3.63, 3.8) is 0 Å². The molecular formula is C17H26O3. The molecular weight excluding hydrogens is 252 g/mol. The van der Waals surface area contributed by atoms with Crippen molar-refractivity contribution in [2.24, 2.45) is 16.7 Å². The van der Waals surface area contributed by atoms with Crippen LogP contribution < -0.4 is 0 Å². The van der Waals surface area contributed by atoms with Crippen LogP contribution in [0.15, 0.2) is 11.6 Å². The number of rotatable bonds is 2. The van der Waals surface area contributed by atoms with Crippen LogP contribution in [0.1, 0.15) is 53.4 Å². The van der Waals surface area contributed by atoms with Crippen molar-refractivity contribution in [3.8, 4) is 0 Å². The van der Waals surface area contributed by atoms with E-state index in [-0.39, 0.29) is 17.0 Å². The molecule has 0 amide bonds. The molecule has 0 radical (unpaired) electrons. The van der Waals surface area contributed by atoms with Gasteiger partial charge in [0.15, 0.2) is 0 Å². The Bertz CT molecular complexity index is 459. The summed E-state index contributed by atoms with van der Waals surface area (Å²) in [6.45, 7) is 9.86. The molecule has 0 bridgehead atoms. The van der Waals surface area contributed by atoms with E-state index in [1.165, 1.54) is 31.8 Å². The van der Waals surface area contributed by atoms with Crippen LogP contribution in [0.3, 0.4) is 0 Å². The summed E-state index contributed by atoms with van der Waals surface area (Å²) in [5.41, 5.74) is 1.61. The number of hydrogen-bond donors (Lipinski definition) is 0. The number of ether oxygens (including phenoxy) is 2. The number of epoxide rings is 1. The minimum atomic E-state index is -0.210. The van der Waals surface area contributed by atoms with Crippen molar-refractivity contribution >= 4 is 5.97 Å². The lowest BCUT2D eigenvalue weighted by atomic mass is 9.48. The van der Waals surface area contributed by atoms with Gasteiger partial charge in [-0.25, -0.2) is 0 Å². The fraction of sp³-hybridized carbons (Fsp3) is 0.824. The van der Waals surface area contributed by atoms with Gasteiger partial charge in [-0.15, -0.1) is 0 Å². The minimum absolute atomic E-state index is 0.150. The van der Waals surface area contributed by atoms with Gasteiger partial charge < -0.3 is 9.47 Å². The van der Waals surface area contributed by atoms with Crippen molar-refractivity contribution in [1.29, 1.82) is 0 Å². The molecule has 2 fully saturated rings. The van der Waals surface area contributed by atoms with Gasteiger partial charge in [-0.2, -0.15) is 0 Å². The zero-order valence-corrected chi connectivity index (χ0v) is 13.1. The molecule has 0 aromatic rings. The Morgan fingerprint density at radius 3 is 2.70 bits per heavy atom. The van der Waals surface area contributed by atoms with Crippen LogP contribution in [0.25, 0.3) is 0 Å². The van der Waals surface area contributed by atoms with Crippen LogP contribution in [0.5, 0.6) is 0 Å². The maximum Gasteiger partial charge on any atom is 0.302 e. The lowest BCUT2D eigenvalue weighted by Crippen LogP contribution is -2.54. The van der Waals surface area contributed by atoms with Crippen LogP contribution in [-0.4, -0.2) is 24.8 Å². The number of carbonyl (C=O) groups excluding carboxylic acids is 1. The zero-order valence-electron chi connectivity index (χ0n) is 13.1. The Balaban J connectivity index is 1.91. The zero-order chi connectivity index (χ0) is 14.6. The lowest BCUT2D eigenvalue weighted by Gasteiger charge is -2.56. The number of carbonyl (C=O) groups is 1. The first-order valence-electron chi connectivity index (χ1n) is 7.79. The number of fused-ring (bicyclic) bond motifs is 2. The second kappa shape index (κ2) is 4.33. The highest BCUT2D eigenvalue weighted by atomic mass is 16.6. The first-order chi connectivity index (χ1) is 9.32. The number of esters is 1. The summed E-state index contributed by atoms with van der Waals surface area (Å²) in [6, 6.07) is 0. The molecule has 0 aromatic heterocycles. The van der Waals surface area contributed by atoms with Crippen LogP contribution in [0.2, 0.25) is 0 Å². The molecule has 20 heavy (non-hydrogen) atoms. The molecule has 3 heteroatoms. The smallest absolute Gasteiger partial charge is 0.302 e. The first kappa shape index (κ1) is 14.1. The van der Waals surface area contributed by atoms with Crippen LogP contribution >= 0.6 is 0 Å². The van der Waals surface area contributed by atoms with E-state index >= 15 is 0 Å². The molecule has 1 saturated heterocycles. The summed E-state index contributed by atoms with van der Waals surface area (Å²) < 4.78 is 11.2. The Labute approximate surface area is 121 Å². The van der Waals surface area contributed by atoms with Gasteiger partial charge in [-0.3, -0.25) is 4.79 Å². The quantitative estimate of drug-likeness (QED) is 0.441. The van der Waals surface area contributed by atoms with Gasteiger partial charge in [0, 0.05) is 12.3 Å². The lowest BCUT2D eigenvalue weighted by molar-refractivity contribution is -0.140. The second-order valence-corrected chi connectivity index (χ2v) is 7.67. The fourth-order valence-corrected chi connectivity index (χ4v) is 4.92. The highest BCUT2D eigenvalue weighted by molar-refractivity contribution is 5.66. The van der Waals surface area contributed by atoms with E-state index in [1.807, 2.05) is 0 Å². The van der Waals surface area contributed by atoms with Gasteiger partial charge in [-0.1, -0.05) is 33.3 Å². The SMILES string of the molecule is CC(=O)OCC1=CCC2C(C)(C)CCC[C@]2(C)[C@]12CO2. The summed E-state index contributed by atoms with van der Waals surface area (Å²) in [5.74, 6) is 0.449. The Kier molecular flexibility index (Phi) is 3.06. The van der Waals surface area contributed by atoms with Gasteiger partial charge >= 0.3 is 5.97 Å². The predicted octanol–water partition coefficient (Wildman–Crippen LogP) is 3.48. The highest BCUT2D eigenvalue weighted by Gasteiger charge is 2.67. The molecule has 112 valence electrons. The largest absolute Gasteiger partial charge is 0.461 e. The molecule has 3 nitrogen and oxygen atoms in total. The molecule has 0 N–H and O–H groups in total. The molecule has 3 rings (SSSR count). The van der Waals surface area contributed by atoms with Gasteiger partial charge in [0.05, 0.1) is 6.61 Å². The van der Waals surface area contributed by atoms with E-state index in [4.69, 9.17) is 9.47 Å². The molecule has 3 atom stereocenters. The third-order valence-corrected chi connectivity index (χ3v) is 6.13. The van der Waals surface area contributed by atoms with E-state index in [1.54, 1.807) is 0 Å². The molecule has 2 aliphatic carbocycles. The van der Waals surface area contributed by atoms with Gasteiger partial charge in [-0.05, 0) is 36.2 Å². The summed E-state index contributed by atoms with van der Waals surface area (Å²) in [7, 11) is 0. The Morgan fingerprint density at radius 2 is 2.10 bits per heavy atom. The van der Waals surface area contributed by atoms with Crippen LogP contribution in [0.4, 0.5) is 0 Å². The predicted molar refractivity (Wildman–Crippen MR) is 77.2 cm³/mol. The van der Waals surface area contributed by atoms with E-state index < -0.39 is 0 Å². The third-order valence-electron chi connectivity index (χ3n) is 6.13. The molecule has 1 saturated carbocycles. The van der Waals surface area contributed by atoms with Crippen LogP contribution in [-0.2, 0) is 14.3 Å². The molecule has 0 aromatic carbocycles. The standard InChI is InChI=1S/C17H26O3/c1-12(18)19-10-13-6-7-14-15(2,3)8-5-9-16(14,4)17(13)11-20-17/h6,14H,5,7-11H2,1-4H3/t14?,16-,17-/m0/s1. The monoisotopic (exact) mass is 278 g/mol. The summed E-state index contributed by atoms with van der Waals surface area (Å²) in [4.78, 5) is 11.1. The van der Waals surface area contributed by atoms with Gasteiger partial charge in [0.2, 0.25) is 0 Å². The average Bonchev–Trinajstić information content (AvgIpc) is 3.11. The maximum absolute atomic E-state index is 11.1. The van der Waals surface area contributed by atoms with E-state index in [0.29, 0.717) is 17.9 Å². The molecule has 1 aliphatic heterocycles. The Morgan fingerprint density at radius 1 is 1.40 bits per heavy atom. The van der Waals surface area contributed by atoms with Crippen molar-refractivity contribution < 1.29 is 14.3 Å². The highest BCUT2D eigenvalue weighted by Crippen LogP contribution is 2.66. The molecule has 1 spiro atoms. The maximum atomic E-state index is 11.1. The van der Waals surface area contributed by atoms with E-state index in [0.717, 1.165) is 13.0 Å². The number of hydrogen-bond acceptors (Lipinski definition) is 3. The van der Waals surface area contributed by atoms with E-state index in [2.05, 4.69) is 26.8 Å². The average molecular weight is 278 g/mol. The molecule has 3 aliphatic rings. The van der Waals surface area contributed by atoms with Crippen molar-refractivity contribution in [1.82, 2.24) is 0 Å². The fourth-order valence-electron chi connectivity index (χ4n) is 4.92. The van der Waals surface area contributed by atoms with Crippen molar-refractivity contribution in [2.75, 3.05) is 13.2 Å². The summed E-state index contributed by atoms with van der Waals surface area (Å²) >= 11 is 0. The topological polar surface area (TPSA) is 38.8 Å². The normalized spacial score (nSPS) is 41.8. The van der Waals surface area contributed by atoms with E-state index in [9.17, 15) is 4.79 Å². The first-order valence-corrected chi connectivity index (χ1v) is 7.79. The summed E-state index contributed by atoms with van der Waals surface area (Å²) in [5, 5.41) is 0. The minimum Gasteiger partial charge on any atom is -0.461 e. The number of allylic oxidation sites excluding steroid dienone is 1. The van der Waals surface area contributed by atoms with Gasteiger partial charge in [0.1, 0.15) is 12.2 Å². The van der Waals surface area contributed by atoms with Crippen LogP contribution in [0, 0.1) is 16.7 Å². The van der Waals surface area contributed by atoms with Gasteiger partial charge in [0.25, 0.3) is 0 Å². The Hall–Kier alpha value is -0.830. The summed E-state index contributed by atoms with van der Waals surface area (Å²) in [6.07, 6.45) is 7.17. The van der Waals surface area contributed by atoms with Crippen molar-refractivity contribution in [3.05, 3.63) is 11.6 Å². The van der Waals surface area contributed by atoms with Crippen molar-refractivity contribution in [2.45, 2.75) is 59.0 Å². The molecule has 1 unspecified atom stereocenters. The molecule has 1 heterocycles.